The number of carbonyl (C=O) groups excluding carboxylic acids is 1. The van der Waals surface area contributed by atoms with Gasteiger partial charge in [0, 0.05) is 30.7 Å². The molecule has 3 N–H and O–H groups in total. The van der Waals surface area contributed by atoms with E-state index in [9.17, 15) is 9.18 Å². The minimum absolute atomic E-state index is 0.0842. The van der Waals surface area contributed by atoms with E-state index in [2.05, 4.69) is 17.2 Å². The Morgan fingerprint density at radius 2 is 2.06 bits per heavy atom. The maximum atomic E-state index is 13.4. The van der Waals surface area contributed by atoms with Crippen molar-refractivity contribution < 1.29 is 18.7 Å². The van der Waals surface area contributed by atoms with Crippen LogP contribution in [0, 0.1) is 18.7 Å². The third kappa shape index (κ3) is 8.78. The van der Waals surface area contributed by atoms with Crippen LogP contribution in [-0.4, -0.2) is 60.0 Å². The summed E-state index contributed by atoms with van der Waals surface area (Å²) in [6.45, 7) is 11.8. The number of likely N-dealkylation sites (tertiary alicyclic amines) is 1. The quantitative estimate of drug-likeness (QED) is 0.518. The summed E-state index contributed by atoms with van der Waals surface area (Å²) >= 11 is 0. The van der Waals surface area contributed by atoms with Gasteiger partial charge in [0.15, 0.2) is 0 Å². The van der Waals surface area contributed by atoms with E-state index in [0.717, 1.165) is 23.2 Å². The van der Waals surface area contributed by atoms with Crippen molar-refractivity contribution in [3.05, 3.63) is 59.0 Å². The number of aromatic nitrogens is 1. The monoisotopic (exact) mass is 486 g/mol. The van der Waals surface area contributed by atoms with Crippen LogP contribution in [0.15, 0.2) is 36.4 Å². The normalized spacial score (nSPS) is 19.1. The van der Waals surface area contributed by atoms with Gasteiger partial charge in [-0.15, -0.1) is 0 Å². The molecular weight excluding hydrogens is 447 g/mol. The fraction of sp³-hybridized carbons (Fsp3) is 0.556. The van der Waals surface area contributed by atoms with Gasteiger partial charge in [0.25, 0.3) is 0 Å². The third-order valence-electron chi connectivity index (χ3n) is 5.90. The Morgan fingerprint density at radius 3 is 2.74 bits per heavy atom. The van der Waals surface area contributed by atoms with Gasteiger partial charge in [-0.05, 0) is 82.9 Å². The van der Waals surface area contributed by atoms with Crippen LogP contribution in [0.4, 0.5) is 15.0 Å². The zero-order chi connectivity index (χ0) is 25.6. The van der Waals surface area contributed by atoms with E-state index >= 15 is 0 Å². The topological polar surface area (TPSA) is 89.7 Å². The highest BCUT2D eigenvalue weighted by Crippen LogP contribution is 2.26. The smallest absolute Gasteiger partial charge is 0.410 e. The molecule has 0 saturated carbocycles. The van der Waals surface area contributed by atoms with Crippen LogP contribution in [0.1, 0.15) is 44.5 Å². The van der Waals surface area contributed by atoms with E-state index < -0.39 is 5.60 Å². The SMILES string of the molecule is Cc1cc(N)nc(C[C@@H]2CN(C(=O)OC(C)(C)C)C[C@@H]2OCCNC(C)Cc2cccc(F)c2)c1. The first-order valence-electron chi connectivity index (χ1n) is 12.3. The second-order valence-electron chi connectivity index (χ2n) is 10.5. The van der Waals surface area contributed by atoms with Crippen molar-refractivity contribution >= 4 is 11.9 Å². The fourth-order valence-electron chi connectivity index (χ4n) is 4.45. The molecule has 1 amide bonds. The van der Waals surface area contributed by atoms with Crippen molar-refractivity contribution in [3.8, 4) is 0 Å². The van der Waals surface area contributed by atoms with E-state index in [-0.39, 0.29) is 30.0 Å². The van der Waals surface area contributed by atoms with Gasteiger partial charge in [0.2, 0.25) is 0 Å². The number of carbonyl (C=O) groups is 1. The summed E-state index contributed by atoms with van der Waals surface area (Å²) in [6.07, 6.45) is 0.939. The lowest BCUT2D eigenvalue weighted by molar-refractivity contribution is 0.0184. The molecule has 1 aromatic carbocycles. The Kier molecular flexibility index (Phi) is 9.08. The molecule has 3 atom stereocenters. The summed E-state index contributed by atoms with van der Waals surface area (Å²) in [5.41, 5.74) is 8.31. The Morgan fingerprint density at radius 1 is 1.29 bits per heavy atom. The molecule has 2 aromatic rings. The molecule has 1 aromatic heterocycles. The number of pyridine rings is 1. The maximum absolute atomic E-state index is 13.4. The summed E-state index contributed by atoms with van der Waals surface area (Å²) in [5.74, 6) is 0.363. The molecule has 0 aliphatic carbocycles. The van der Waals surface area contributed by atoms with Gasteiger partial charge in [-0.3, -0.25) is 0 Å². The lowest BCUT2D eigenvalue weighted by Crippen LogP contribution is -2.36. The van der Waals surface area contributed by atoms with Crippen LogP contribution in [0.25, 0.3) is 0 Å². The Bertz CT molecular complexity index is 974. The highest BCUT2D eigenvalue weighted by molar-refractivity contribution is 5.68. The molecule has 1 saturated heterocycles. The van der Waals surface area contributed by atoms with E-state index in [4.69, 9.17) is 15.2 Å². The molecule has 0 spiro atoms. The van der Waals surface area contributed by atoms with Crippen LogP contribution in [0.3, 0.4) is 0 Å². The highest BCUT2D eigenvalue weighted by Gasteiger charge is 2.38. The lowest BCUT2D eigenvalue weighted by atomic mass is 9.99. The predicted octanol–water partition coefficient (Wildman–Crippen LogP) is 4.13. The molecule has 1 aliphatic rings. The third-order valence-corrected chi connectivity index (χ3v) is 5.90. The molecule has 2 heterocycles. The second kappa shape index (κ2) is 11.8. The number of hydrogen-bond donors (Lipinski definition) is 2. The number of rotatable bonds is 9. The van der Waals surface area contributed by atoms with Crippen LogP contribution in [0.5, 0.6) is 0 Å². The Labute approximate surface area is 208 Å². The first kappa shape index (κ1) is 26.9. The number of nitrogens with two attached hydrogens (primary N) is 1. The zero-order valence-electron chi connectivity index (χ0n) is 21.5. The van der Waals surface area contributed by atoms with Crippen LogP contribution in [0.2, 0.25) is 0 Å². The molecule has 0 radical (unpaired) electrons. The molecule has 0 bridgehead atoms. The number of halogens is 1. The number of aryl methyl sites for hydroxylation is 1. The molecule has 35 heavy (non-hydrogen) atoms. The van der Waals surface area contributed by atoms with E-state index in [1.165, 1.54) is 6.07 Å². The van der Waals surface area contributed by atoms with E-state index in [1.54, 1.807) is 17.0 Å². The molecule has 1 aliphatic heterocycles. The summed E-state index contributed by atoms with van der Waals surface area (Å²) in [6, 6.07) is 10.7. The number of nitrogen functional groups attached to an aromatic ring is 1. The lowest BCUT2D eigenvalue weighted by Gasteiger charge is -2.24. The number of nitrogens with zero attached hydrogens (tertiary/aromatic N) is 2. The van der Waals surface area contributed by atoms with Crippen molar-refractivity contribution in [2.45, 2.75) is 65.2 Å². The van der Waals surface area contributed by atoms with Crippen LogP contribution >= 0.6 is 0 Å². The molecule has 3 rings (SSSR count). The summed E-state index contributed by atoms with van der Waals surface area (Å²) < 4.78 is 25.3. The first-order chi connectivity index (χ1) is 16.5. The maximum Gasteiger partial charge on any atom is 0.410 e. The van der Waals surface area contributed by atoms with Gasteiger partial charge < -0.3 is 25.4 Å². The van der Waals surface area contributed by atoms with Crippen molar-refractivity contribution in [2.24, 2.45) is 5.92 Å². The van der Waals surface area contributed by atoms with Gasteiger partial charge in [0.1, 0.15) is 17.2 Å². The minimum atomic E-state index is -0.556. The number of anilines is 1. The Hall–Kier alpha value is -2.71. The average molecular weight is 487 g/mol. The second-order valence-corrected chi connectivity index (χ2v) is 10.5. The van der Waals surface area contributed by atoms with E-state index in [1.807, 2.05) is 45.9 Å². The predicted molar refractivity (Wildman–Crippen MR) is 136 cm³/mol. The summed E-state index contributed by atoms with van der Waals surface area (Å²) in [4.78, 5) is 18.9. The Balaban J connectivity index is 1.56. The van der Waals surface area contributed by atoms with Gasteiger partial charge in [-0.25, -0.2) is 14.2 Å². The van der Waals surface area contributed by atoms with Crippen LogP contribution in [-0.2, 0) is 22.3 Å². The number of nitrogens with one attached hydrogen (secondary N) is 1. The minimum Gasteiger partial charge on any atom is -0.444 e. The van der Waals surface area contributed by atoms with Crippen molar-refractivity contribution in [2.75, 3.05) is 32.0 Å². The summed E-state index contributed by atoms with van der Waals surface area (Å²) in [7, 11) is 0. The fourth-order valence-corrected chi connectivity index (χ4v) is 4.45. The molecular formula is C27H39FN4O3. The number of amides is 1. The molecule has 1 fully saturated rings. The molecule has 192 valence electrons. The van der Waals surface area contributed by atoms with Gasteiger partial charge in [0.05, 0.1) is 19.3 Å². The van der Waals surface area contributed by atoms with Crippen molar-refractivity contribution in [3.63, 3.8) is 0 Å². The van der Waals surface area contributed by atoms with Gasteiger partial charge >= 0.3 is 6.09 Å². The van der Waals surface area contributed by atoms with Gasteiger partial charge in [-0.2, -0.15) is 0 Å². The van der Waals surface area contributed by atoms with Crippen molar-refractivity contribution in [1.82, 2.24) is 15.2 Å². The summed E-state index contributed by atoms with van der Waals surface area (Å²) in [5, 5.41) is 3.44. The highest BCUT2D eigenvalue weighted by atomic mass is 19.1. The molecule has 7 nitrogen and oxygen atoms in total. The number of hydrogen-bond acceptors (Lipinski definition) is 6. The van der Waals surface area contributed by atoms with Crippen molar-refractivity contribution in [1.29, 1.82) is 0 Å². The number of ether oxygens (including phenoxy) is 2. The molecule has 1 unspecified atom stereocenters. The zero-order valence-corrected chi connectivity index (χ0v) is 21.5. The van der Waals surface area contributed by atoms with Crippen LogP contribution < -0.4 is 11.1 Å². The first-order valence-corrected chi connectivity index (χ1v) is 12.3. The van der Waals surface area contributed by atoms with E-state index in [0.29, 0.717) is 38.5 Å². The largest absolute Gasteiger partial charge is 0.444 e. The standard InChI is InChI=1S/C27H39FN4O3/c1-18-11-23(31-25(29)12-18)15-21-16-32(26(33)35-27(3,4)5)17-24(21)34-10-9-30-19(2)13-20-7-6-8-22(28)14-20/h6-8,11-12,14,19,21,24,30H,9-10,13,15-17H2,1-5H3,(H2,29,31)/t19?,21-,24+/m1/s1. The number of benzene rings is 1. The molecule has 8 heteroatoms. The average Bonchev–Trinajstić information content (AvgIpc) is 3.12. The van der Waals surface area contributed by atoms with Gasteiger partial charge in [-0.1, -0.05) is 12.1 Å².